The molecule has 152 valence electrons. The van der Waals surface area contributed by atoms with Gasteiger partial charge in [-0.1, -0.05) is 11.6 Å². The van der Waals surface area contributed by atoms with Crippen molar-refractivity contribution in [1.82, 2.24) is 24.9 Å². The van der Waals surface area contributed by atoms with Gasteiger partial charge in [0.1, 0.15) is 28.6 Å². The molecule has 0 bridgehead atoms. The van der Waals surface area contributed by atoms with Crippen molar-refractivity contribution in [3.63, 3.8) is 0 Å². The molecule has 0 aliphatic rings. The van der Waals surface area contributed by atoms with Gasteiger partial charge in [0.2, 0.25) is 0 Å². The second-order valence-corrected chi connectivity index (χ2v) is 7.52. The molecule has 0 saturated heterocycles. The summed E-state index contributed by atoms with van der Waals surface area (Å²) < 4.78 is 5.84. The van der Waals surface area contributed by atoms with Gasteiger partial charge in [-0.05, 0) is 55.8 Å². The summed E-state index contributed by atoms with van der Waals surface area (Å²) in [6, 6.07) is 10.9. The Hall–Kier alpha value is -3.84. The predicted molar refractivity (Wildman–Crippen MR) is 119 cm³/mol. The molecule has 0 aromatic carbocycles. The summed E-state index contributed by atoms with van der Waals surface area (Å²) in [5, 5.41) is 0.795. The van der Waals surface area contributed by atoms with Crippen molar-refractivity contribution in [1.29, 1.82) is 0 Å². The van der Waals surface area contributed by atoms with Crippen molar-refractivity contribution in [2.24, 2.45) is 0 Å². The third-order valence-corrected chi connectivity index (χ3v) is 5.12. The van der Waals surface area contributed by atoms with E-state index in [4.69, 9.17) is 21.0 Å². The van der Waals surface area contributed by atoms with Gasteiger partial charge in [0, 0.05) is 23.7 Å². The van der Waals surface area contributed by atoms with Crippen molar-refractivity contribution < 1.29 is 4.42 Å². The smallest absolute Gasteiger partial charge is 0.200 e. The van der Waals surface area contributed by atoms with E-state index in [-0.39, 0.29) is 5.43 Å². The summed E-state index contributed by atoms with van der Waals surface area (Å²) in [6.07, 6.45) is 4.62. The van der Waals surface area contributed by atoms with E-state index in [0.29, 0.717) is 38.9 Å². The molecule has 0 fully saturated rings. The number of aryl methyl sites for hydroxylation is 2. The van der Waals surface area contributed by atoms with Crippen LogP contribution in [0.2, 0.25) is 5.15 Å². The van der Waals surface area contributed by atoms with E-state index < -0.39 is 0 Å². The van der Waals surface area contributed by atoms with Crippen LogP contribution in [-0.4, -0.2) is 24.9 Å². The van der Waals surface area contributed by atoms with Crippen molar-refractivity contribution in [2.75, 3.05) is 0 Å². The highest BCUT2D eigenvalue weighted by Crippen LogP contribution is 2.34. The highest BCUT2D eigenvalue weighted by atomic mass is 35.5. The van der Waals surface area contributed by atoms with Crippen LogP contribution in [-0.2, 0) is 0 Å². The number of furan rings is 1. The molecule has 8 heteroatoms. The van der Waals surface area contributed by atoms with E-state index in [2.05, 4.69) is 19.9 Å². The quantitative estimate of drug-likeness (QED) is 0.406. The zero-order valence-electron chi connectivity index (χ0n) is 16.7. The van der Waals surface area contributed by atoms with Gasteiger partial charge in [-0.25, -0.2) is 19.9 Å². The SMILES string of the molecule is Cc1cc(-c2cc3c(=O)c(-c4ccncn4)c[nH]c3nc2-c2ccc(C)o2)cc(Cl)n1. The topological polar surface area (TPSA) is 97.6 Å². The number of rotatable bonds is 3. The fraction of sp³-hybridized carbons (Fsp3) is 0.0870. The second-order valence-electron chi connectivity index (χ2n) is 7.14. The number of nitrogens with one attached hydrogen (secondary N) is 1. The number of hydrogen-bond donors (Lipinski definition) is 1. The Labute approximate surface area is 181 Å². The van der Waals surface area contributed by atoms with Gasteiger partial charge >= 0.3 is 0 Å². The first kappa shape index (κ1) is 19.1. The lowest BCUT2D eigenvalue weighted by Gasteiger charge is -2.11. The molecular formula is C23H16ClN5O2. The average molecular weight is 430 g/mol. The van der Waals surface area contributed by atoms with Crippen LogP contribution in [0.1, 0.15) is 11.5 Å². The molecule has 5 heterocycles. The van der Waals surface area contributed by atoms with Gasteiger partial charge in [0.05, 0.1) is 16.6 Å². The Balaban J connectivity index is 1.83. The fourth-order valence-corrected chi connectivity index (χ4v) is 3.79. The summed E-state index contributed by atoms with van der Waals surface area (Å²) in [4.78, 5) is 33.5. The normalized spacial score (nSPS) is 11.2. The van der Waals surface area contributed by atoms with Crippen LogP contribution in [0.25, 0.3) is 44.9 Å². The molecule has 0 radical (unpaired) electrons. The zero-order valence-corrected chi connectivity index (χ0v) is 17.4. The minimum atomic E-state index is -0.180. The molecule has 0 aliphatic heterocycles. The Bertz CT molecular complexity index is 1470. The molecule has 1 N–H and O–H groups in total. The fourth-order valence-electron chi connectivity index (χ4n) is 3.54. The van der Waals surface area contributed by atoms with Gasteiger partial charge < -0.3 is 9.40 Å². The van der Waals surface area contributed by atoms with E-state index in [0.717, 1.165) is 22.6 Å². The monoisotopic (exact) mass is 429 g/mol. The molecule has 0 saturated carbocycles. The highest BCUT2D eigenvalue weighted by Gasteiger charge is 2.18. The number of fused-ring (bicyclic) bond motifs is 1. The molecule has 5 rings (SSSR count). The first-order valence-electron chi connectivity index (χ1n) is 9.54. The molecule has 0 unspecified atom stereocenters. The maximum Gasteiger partial charge on any atom is 0.200 e. The molecule has 31 heavy (non-hydrogen) atoms. The number of nitrogens with zero attached hydrogens (tertiary/aromatic N) is 4. The lowest BCUT2D eigenvalue weighted by atomic mass is 10.0. The molecule has 0 amide bonds. The Morgan fingerprint density at radius 1 is 1.03 bits per heavy atom. The van der Waals surface area contributed by atoms with Crippen molar-refractivity contribution in [2.45, 2.75) is 13.8 Å². The second kappa shape index (κ2) is 7.45. The van der Waals surface area contributed by atoms with Crippen LogP contribution >= 0.6 is 11.6 Å². The van der Waals surface area contributed by atoms with Gasteiger partial charge in [0.25, 0.3) is 0 Å². The zero-order chi connectivity index (χ0) is 21.5. The summed E-state index contributed by atoms with van der Waals surface area (Å²) >= 11 is 6.22. The van der Waals surface area contributed by atoms with E-state index >= 15 is 0 Å². The molecule has 5 aromatic heterocycles. The molecule has 7 nitrogen and oxygen atoms in total. The number of aromatic nitrogens is 5. The number of halogens is 1. The summed E-state index contributed by atoms with van der Waals surface area (Å²) in [6.45, 7) is 3.73. The maximum absolute atomic E-state index is 13.3. The Morgan fingerprint density at radius 3 is 2.61 bits per heavy atom. The summed E-state index contributed by atoms with van der Waals surface area (Å²) in [7, 11) is 0. The van der Waals surface area contributed by atoms with Crippen molar-refractivity contribution >= 4 is 22.6 Å². The van der Waals surface area contributed by atoms with Crippen LogP contribution < -0.4 is 5.43 Å². The lowest BCUT2D eigenvalue weighted by molar-refractivity contribution is 0.547. The van der Waals surface area contributed by atoms with E-state index in [1.807, 2.05) is 38.1 Å². The Kier molecular flexibility index (Phi) is 4.60. The van der Waals surface area contributed by atoms with E-state index in [9.17, 15) is 4.79 Å². The summed E-state index contributed by atoms with van der Waals surface area (Å²) in [5.74, 6) is 1.36. The average Bonchev–Trinajstić information content (AvgIpc) is 3.19. The number of hydrogen-bond acceptors (Lipinski definition) is 6. The first-order valence-corrected chi connectivity index (χ1v) is 9.91. The maximum atomic E-state index is 13.3. The van der Waals surface area contributed by atoms with E-state index in [1.54, 1.807) is 24.5 Å². The molecule has 5 aromatic rings. The molecular weight excluding hydrogens is 414 g/mol. The van der Waals surface area contributed by atoms with Crippen molar-refractivity contribution in [3.05, 3.63) is 81.9 Å². The van der Waals surface area contributed by atoms with Gasteiger partial charge in [-0.3, -0.25) is 4.79 Å². The molecule has 0 aliphatic carbocycles. The van der Waals surface area contributed by atoms with Gasteiger partial charge in [-0.15, -0.1) is 0 Å². The van der Waals surface area contributed by atoms with Crippen LogP contribution in [0.3, 0.4) is 0 Å². The standard InChI is InChI=1S/C23H16ClN5O2/c1-12-7-14(8-20(24)28-12)15-9-16-22(30)17(18-5-6-25-11-27-18)10-26-23(16)29-21(15)19-4-3-13(2)31-19/h3-11H,1-2H3,(H,26,29,30). The molecule has 0 atom stereocenters. The third kappa shape index (κ3) is 3.49. The van der Waals surface area contributed by atoms with E-state index in [1.165, 1.54) is 6.33 Å². The number of H-pyrrole nitrogens is 1. The van der Waals surface area contributed by atoms with Crippen LogP contribution in [0.5, 0.6) is 0 Å². The van der Waals surface area contributed by atoms with Gasteiger partial charge in [0.15, 0.2) is 11.2 Å². The number of aromatic amines is 1. The number of pyridine rings is 3. The Morgan fingerprint density at radius 2 is 1.90 bits per heavy atom. The van der Waals surface area contributed by atoms with Crippen LogP contribution in [0.15, 0.2) is 64.3 Å². The minimum Gasteiger partial charge on any atom is -0.460 e. The predicted octanol–water partition coefficient (Wildman–Crippen LogP) is 4.97. The lowest BCUT2D eigenvalue weighted by Crippen LogP contribution is -2.09. The highest BCUT2D eigenvalue weighted by molar-refractivity contribution is 6.29. The van der Waals surface area contributed by atoms with Crippen LogP contribution in [0.4, 0.5) is 0 Å². The summed E-state index contributed by atoms with van der Waals surface area (Å²) in [5.41, 5.74) is 4.12. The third-order valence-electron chi connectivity index (χ3n) is 4.93. The van der Waals surface area contributed by atoms with Gasteiger partial charge in [-0.2, -0.15) is 0 Å². The van der Waals surface area contributed by atoms with Crippen molar-refractivity contribution in [3.8, 4) is 33.8 Å². The largest absolute Gasteiger partial charge is 0.460 e. The molecule has 0 spiro atoms. The van der Waals surface area contributed by atoms with Crippen LogP contribution in [0, 0.1) is 13.8 Å². The minimum absolute atomic E-state index is 0.180. The first-order chi connectivity index (χ1) is 15.0.